The predicted molar refractivity (Wildman–Crippen MR) is 74.0 cm³/mol. The van der Waals surface area contributed by atoms with Gasteiger partial charge in [-0.3, -0.25) is 9.59 Å². The molecule has 0 aromatic carbocycles. The fraction of sp³-hybridized carbons (Fsp3) is 0.571. The second-order valence-electron chi connectivity index (χ2n) is 4.81. The number of methoxy groups -OCH3 is 1. The lowest BCUT2D eigenvalue weighted by molar-refractivity contribution is -0.148. The zero-order valence-corrected chi connectivity index (χ0v) is 11.9. The smallest absolute Gasteiger partial charge is 0.308 e. The number of piperidine rings is 1. The van der Waals surface area contributed by atoms with Crippen LogP contribution in [0.1, 0.15) is 24.8 Å². The summed E-state index contributed by atoms with van der Waals surface area (Å²) in [6.45, 7) is 1.34. The maximum Gasteiger partial charge on any atom is 0.308 e. The molecule has 5 heteroatoms. The van der Waals surface area contributed by atoms with E-state index in [1.807, 2.05) is 10.3 Å². The Kier molecular flexibility index (Phi) is 4.96. The molecule has 1 aromatic rings. The number of carbonyl (C=O) groups is 2. The Bertz CT molecular complexity index is 422. The summed E-state index contributed by atoms with van der Waals surface area (Å²) in [5.41, 5.74) is 1.22. The van der Waals surface area contributed by atoms with Crippen molar-refractivity contribution in [1.82, 2.24) is 4.90 Å². The van der Waals surface area contributed by atoms with Gasteiger partial charge in [-0.2, -0.15) is 11.3 Å². The number of esters is 1. The zero-order chi connectivity index (χ0) is 13.7. The van der Waals surface area contributed by atoms with Crippen molar-refractivity contribution in [3.63, 3.8) is 0 Å². The molecule has 0 bridgehead atoms. The summed E-state index contributed by atoms with van der Waals surface area (Å²) in [6.07, 6.45) is 2.80. The van der Waals surface area contributed by atoms with E-state index < -0.39 is 0 Å². The van der Waals surface area contributed by atoms with Crippen LogP contribution in [0.2, 0.25) is 0 Å². The van der Waals surface area contributed by atoms with Crippen molar-refractivity contribution < 1.29 is 14.3 Å². The number of likely N-dealkylation sites (tertiary alicyclic amines) is 1. The molecule has 0 N–H and O–H groups in total. The van der Waals surface area contributed by atoms with Gasteiger partial charge in [0.05, 0.1) is 13.0 Å². The molecule has 0 aliphatic carbocycles. The van der Waals surface area contributed by atoms with Crippen LogP contribution in [0.4, 0.5) is 0 Å². The van der Waals surface area contributed by atoms with Crippen LogP contribution in [0.15, 0.2) is 16.8 Å². The molecule has 0 saturated carbocycles. The molecule has 1 fully saturated rings. The topological polar surface area (TPSA) is 46.6 Å². The summed E-state index contributed by atoms with van der Waals surface area (Å²) >= 11 is 1.66. The van der Waals surface area contributed by atoms with E-state index in [9.17, 15) is 9.59 Å². The summed E-state index contributed by atoms with van der Waals surface area (Å²) in [5, 5.41) is 4.11. The lowest BCUT2D eigenvalue weighted by Gasteiger charge is -2.30. The SMILES string of the molecule is COC(=O)C1CCN(C(=O)CCc2ccsc2)CC1. The average molecular weight is 281 g/mol. The van der Waals surface area contributed by atoms with Gasteiger partial charge in [-0.25, -0.2) is 0 Å². The highest BCUT2D eigenvalue weighted by Gasteiger charge is 2.27. The fourth-order valence-corrected chi connectivity index (χ4v) is 3.08. The van der Waals surface area contributed by atoms with Gasteiger partial charge in [0.1, 0.15) is 0 Å². The first-order valence-electron chi connectivity index (χ1n) is 6.57. The molecule has 1 amide bonds. The van der Waals surface area contributed by atoms with Crippen molar-refractivity contribution in [1.29, 1.82) is 0 Å². The number of hydrogen-bond donors (Lipinski definition) is 0. The monoisotopic (exact) mass is 281 g/mol. The van der Waals surface area contributed by atoms with Crippen molar-refractivity contribution in [2.75, 3.05) is 20.2 Å². The fourth-order valence-electron chi connectivity index (χ4n) is 2.38. The summed E-state index contributed by atoms with van der Waals surface area (Å²) in [5.74, 6) is 0.00538. The van der Waals surface area contributed by atoms with E-state index in [1.165, 1.54) is 12.7 Å². The molecular formula is C14H19NO3S. The summed E-state index contributed by atoms with van der Waals surface area (Å²) in [6, 6.07) is 2.06. The van der Waals surface area contributed by atoms with Gasteiger partial charge in [-0.15, -0.1) is 0 Å². The van der Waals surface area contributed by atoms with Crippen LogP contribution >= 0.6 is 11.3 Å². The van der Waals surface area contributed by atoms with E-state index in [1.54, 1.807) is 11.3 Å². The molecular weight excluding hydrogens is 262 g/mol. The molecule has 1 aliphatic heterocycles. The van der Waals surface area contributed by atoms with E-state index in [0.29, 0.717) is 19.5 Å². The van der Waals surface area contributed by atoms with Crippen molar-refractivity contribution in [2.45, 2.75) is 25.7 Å². The van der Waals surface area contributed by atoms with Crippen molar-refractivity contribution in [3.05, 3.63) is 22.4 Å². The summed E-state index contributed by atoms with van der Waals surface area (Å²) < 4.78 is 4.74. The molecule has 0 radical (unpaired) electrons. The number of amides is 1. The molecule has 2 rings (SSSR count). The summed E-state index contributed by atoms with van der Waals surface area (Å²) in [4.78, 5) is 25.3. The molecule has 0 unspecified atom stereocenters. The van der Waals surface area contributed by atoms with Gasteiger partial charge in [0.25, 0.3) is 0 Å². The highest BCUT2D eigenvalue weighted by atomic mass is 32.1. The Hall–Kier alpha value is -1.36. The first-order valence-corrected chi connectivity index (χ1v) is 7.51. The van der Waals surface area contributed by atoms with Crippen molar-refractivity contribution in [2.24, 2.45) is 5.92 Å². The molecule has 19 heavy (non-hydrogen) atoms. The maximum atomic E-state index is 12.1. The predicted octanol–water partition coefficient (Wildman–Crippen LogP) is 2.09. The van der Waals surface area contributed by atoms with E-state index in [4.69, 9.17) is 4.74 Å². The van der Waals surface area contributed by atoms with E-state index in [-0.39, 0.29) is 17.8 Å². The molecule has 0 atom stereocenters. The Morgan fingerprint density at radius 1 is 1.42 bits per heavy atom. The quantitative estimate of drug-likeness (QED) is 0.794. The van der Waals surface area contributed by atoms with Crippen LogP contribution in [0.5, 0.6) is 0 Å². The van der Waals surface area contributed by atoms with Crippen LogP contribution in [0.3, 0.4) is 0 Å². The molecule has 0 spiro atoms. The second-order valence-corrected chi connectivity index (χ2v) is 5.59. The van der Waals surface area contributed by atoms with Crippen molar-refractivity contribution >= 4 is 23.2 Å². The summed E-state index contributed by atoms with van der Waals surface area (Å²) in [7, 11) is 1.42. The Balaban J connectivity index is 1.74. The number of thiophene rings is 1. The van der Waals surface area contributed by atoms with Crippen LogP contribution in [-0.4, -0.2) is 37.0 Å². The number of carbonyl (C=O) groups excluding carboxylic acids is 2. The average Bonchev–Trinajstić information content (AvgIpc) is 2.97. The van der Waals surface area contributed by atoms with Crippen LogP contribution < -0.4 is 0 Å². The van der Waals surface area contributed by atoms with Gasteiger partial charge < -0.3 is 9.64 Å². The molecule has 1 saturated heterocycles. The third-order valence-electron chi connectivity index (χ3n) is 3.59. The van der Waals surface area contributed by atoms with E-state index in [0.717, 1.165) is 19.3 Å². The highest BCUT2D eigenvalue weighted by Crippen LogP contribution is 2.19. The minimum Gasteiger partial charge on any atom is -0.469 e. The van der Waals surface area contributed by atoms with Gasteiger partial charge in [-0.1, -0.05) is 0 Å². The second kappa shape index (κ2) is 6.70. The number of hydrogen-bond acceptors (Lipinski definition) is 4. The number of aryl methyl sites for hydroxylation is 1. The molecule has 104 valence electrons. The highest BCUT2D eigenvalue weighted by molar-refractivity contribution is 7.07. The minimum atomic E-state index is -0.148. The standard InChI is InChI=1S/C14H19NO3S/c1-18-14(17)12-4-7-15(8-5-12)13(16)3-2-11-6-9-19-10-11/h6,9-10,12H,2-5,7-8H2,1H3. The number of ether oxygens (including phenoxy) is 1. The Morgan fingerprint density at radius 2 is 2.16 bits per heavy atom. The maximum absolute atomic E-state index is 12.1. The third-order valence-corrected chi connectivity index (χ3v) is 4.32. The molecule has 1 aromatic heterocycles. The largest absolute Gasteiger partial charge is 0.469 e. The molecule has 1 aliphatic rings. The van der Waals surface area contributed by atoms with Gasteiger partial charge in [0, 0.05) is 19.5 Å². The molecule has 2 heterocycles. The molecule has 4 nitrogen and oxygen atoms in total. The lowest BCUT2D eigenvalue weighted by atomic mass is 9.96. The van der Waals surface area contributed by atoms with Gasteiger partial charge in [0.15, 0.2) is 0 Å². The Labute approximate surface area is 117 Å². The van der Waals surface area contributed by atoms with Crippen molar-refractivity contribution in [3.8, 4) is 0 Å². The van der Waals surface area contributed by atoms with Gasteiger partial charge in [-0.05, 0) is 41.7 Å². The van der Waals surface area contributed by atoms with Gasteiger partial charge in [0.2, 0.25) is 5.91 Å². The van der Waals surface area contributed by atoms with Crippen LogP contribution in [0.25, 0.3) is 0 Å². The zero-order valence-electron chi connectivity index (χ0n) is 11.1. The van der Waals surface area contributed by atoms with Crippen LogP contribution in [-0.2, 0) is 20.7 Å². The first-order chi connectivity index (χ1) is 9.20. The first kappa shape index (κ1) is 14.1. The lowest BCUT2D eigenvalue weighted by Crippen LogP contribution is -2.40. The number of nitrogens with zero attached hydrogens (tertiary/aromatic N) is 1. The minimum absolute atomic E-state index is 0.0362. The normalized spacial score (nSPS) is 16.4. The third kappa shape index (κ3) is 3.80. The van der Waals surface area contributed by atoms with E-state index in [2.05, 4.69) is 11.4 Å². The van der Waals surface area contributed by atoms with E-state index >= 15 is 0 Å². The number of rotatable bonds is 4. The van der Waals surface area contributed by atoms with Gasteiger partial charge >= 0.3 is 5.97 Å². The Morgan fingerprint density at radius 3 is 2.74 bits per heavy atom. The van der Waals surface area contributed by atoms with Crippen LogP contribution in [0, 0.1) is 5.92 Å².